The summed E-state index contributed by atoms with van der Waals surface area (Å²) in [5.74, 6) is 0.0268. The van der Waals surface area contributed by atoms with E-state index in [1.807, 2.05) is 17.8 Å². The quantitative estimate of drug-likeness (QED) is 0.813. The van der Waals surface area contributed by atoms with Gasteiger partial charge in [0.25, 0.3) is 0 Å². The van der Waals surface area contributed by atoms with Gasteiger partial charge in [-0.2, -0.15) is 5.10 Å². The largest absolute Gasteiger partial charge is 0.356 e. The van der Waals surface area contributed by atoms with Crippen LogP contribution >= 0.6 is 0 Å². The zero-order valence-corrected chi connectivity index (χ0v) is 12.4. The van der Waals surface area contributed by atoms with Crippen molar-refractivity contribution in [3.63, 3.8) is 0 Å². The van der Waals surface area contributed by atoms with Gasteiger partial charge in [-0.3, -0.25) is 9.48 Å². The summed E-state index contributed by atoms with van der Waals surface area (Å²) in [5.41, 5.74) is 7.25. The van der Waals surface area contributed by atoms with E-state index in [-0.39, 0.29) is 17.4 Å². The number of hydrogen-bond donors (Lipinski definition) is 2. The predicted octanol–water partition coefficient (Wildman–Crippen LogP) is 1.23. The van der Waals surface area contributed by atoms with Gasteiger partial charge in [-0.25, -0.2) is 0 Å². The first-order chi connectivity index (χ1) is 8.78. The Morgan fingerprint density at radius 1 is 1.53 bits per heavy atom. The second-order valence-electron chi connectivity index (χ2n) is 6.28. The molecule has 1 rings (SSSR count). The maximum atomic E-state index is 11.7. The van der Waals surface area contributed by atoms with E-state index in [1.165, 1.54) is 0 Å². The van der Waals surface area contributed by atoms with E-state index in [2.05, 4.69) is 31.2 Å². The summed E-state index contributed by atoms with van der Waals surface area (Å²) >= 11 is 0. The van der Waals surface area contributed by atoms with Crippen molar-refractivity contribution in [2.75, 3.05) is 6.54 Å². The topological polar surface area (TPSA) is 72.9 Å². The first-order valence-corrected chi connectivity index (χ1v) is 6.77. The van der Waals surface area contributed by atoms with E-state index in [0.29, 0.717) is 13.0 Å². The fourth-order valence-corrected chi connectivity index (χ4v) is 2.15. The lowest BCUT2D eigenvalue weighted by molar-refractivity contribution is -0.121. The van der Waals surface area contributed by atoms with Gasteiger partial charge in [0.1, 0.15) is 0 Å². The molecule has 0 aromatic carbocycles. The van der Waals surface area contributed by atoms with Gasteiger partial charge in [0, 0.05) is 44.4 Å². The maximum absolute atomic E-state index is 11.7. The summed E-state index contributed by atoms with van der Waals surface area (Å²) in [5, 5.41) is 6.99. The SMILES string of the molecule is Cn1nccc1CCNC(=O)CC(N)CC(C)(C)C. The first-order valence-electron chi connectivity index (χ1n) is 6.77. The molecule has 5 nitrogen and oxygen atoms in total. The lowest BCUT2D eigenvalue weighted by Gasteiger charge is -2.22. The van der Waals surface area contributed by atoms with Crippen molar-refractivity contribution >= 4 is 5.91 Å². The van der Waals surface area contributed by atoms with Gasteiger partial charge in [0.05, 0.1) is 0 Å². The van der Waals surface area contributed by atoms with E-state index in [9.17, 15) is 4.79 Å². The molecule has 0 fully saturated rings. The number of aryl methyl sites for hydroxylation is 1. The number of amides is 1. The zero-order valence-electron chi connectivity index (χ0n) is 12.4. The van der Waals surface area contributed by atoms with Gasteiger partial charge in [-0.15, -0.1) is 0 Å². The molecule has 0 aliphatic heterocycles. The van der Waals surface area contributed by atoms with Crippen molar-refractivity contribution in [2.45, 2.75) is 46.1 Å². The summed E-state index contributed by atoms with van der Waals surface area (Å²) < 4.78 is 1.82. The normalized spacial score (nSPS) is 13.3. The van der Waals surface area contributed by atoms with Gasteiger partial charge in [0.2, 0.25) is 5.91 Å². The van der Waals surface area contributed by atoms with Gasteiger partial charge in [0.15, 0.2) is 0 Å². The van der Waals surface area contributed by atoms with Crippen molar-refractivity contribution in [1.29, 1.82) is 0 Å². The third kappa shape index (κ3) is 6.38. The Bertz CT molecular complexity index is 406. The van der Waals surface area contributed by atoms with Crippen molar-refractivity contribution in [2.24, 2.45) is 18.2 Å². The lowest BCUT2D eigenvalue weighted by Crippen LogP contribution is -2.35. The van der Waals surface area contributed by atoms with Crippen LogP contribution in [0, 0.1) is 5.41 Å². The number of rotatable bonds is 6. The standard InChI is InChI=1S/C14H26N4O/c1-14(2,3)10-11(15)9-13(19)16-7-5-12-6-8-17-18(12)4/h6,8,11H,5,7,9-10,15H2,1-4H3,(H,16,19). The van der Waals surface area contributed by atoms with E-state index < -0.39 is 0 Å². The Kier molecular flexibility index (Phi) is 5.54. The van der Waals surface area contributed by atoms with E-state index >= 15 is 0 Å². The van der Waals surface area contributed by atoms with Crippen molar-refractivity contribution < 1.29 is 4.79 Å². The molecule has 0 bridgehead atoms. The molecule has 1 unspecified atom stereocenters. The number of nitrogens with one attached hydrogen (secondary N) is 1. The molecule has 0 spiro atoms. The Morgan fingerprint density at radius 3 is 2.74 bits per heavy atom. The van der Waals surface area contributed by atoms with Gasteiger partial charge in [-0.05, 0) is 17.9 Å². The minimum Gasteiger partial charge on any atom is -0.356 e. The maximum Gasteiger partial charge on any atom is 0.221 e. The number of hydrogen-bond acceptors (Lipinski definition) is 3. The average molecular weight is 266 g/mol. The van der Waals surface area contributed by atoms with Crippen LogP contribution in [0.4, 0.5) is 0 Å². The minimum atomic E-state index is -0.0725. The molecule has 0 radical (unpaired) electrons. The average Bonchev–Trinajstić information content (AvgIpc) is 2.61. The monoisotopic (exact) mass is 266 g/mol. The van der Waals surface area contributed by atoms with E-state index in [1.54, 1.807) is 6.20 Å². The zero-order chi connectivity index (χ0) is 14.5. The minimum absolute atomic E-state index is 0.0268. The Balaban J connectivity index is 2.23. The number of nitrogens with zero attached hydrogens (tertiary/aromatic N) is 2. The van der Waals surface area contributed by atoms with Crippen LogP contribution in [0.25, 0.3) is 0 Å². The molecule has 1 amide bonds. The Morgan fingerprint density at radius 2 is 2.21 bits per heavy atom. The molecular weight excluding hydrogens is 240 g/mol. The van der Waals surface area contributed by atoms with Crippen LogP contribution in [0.15, 0.2) is 12.3 Å². The molecular formula is C14H26N4O. The molecule has 19 heavy (non-hydrogen) atoms. The summed E-state index contributed by atoms with van der Waals surface area (Å²) in [6.45, 7) is 7.02. The fraction of sp³-hybridized carbons (Fsp3) is 0.714. The highest BCUT2D eigenvalue weighted by Crippen LogP contribution is 2.20. The second kappa shape index (κ2) is 6.70. The van der Waals surface area contributed by atoms with Crippen LogP contribution in [0.1, 0.15) is 39.3 Å². The molecule has 5 heteroatoms. The summed E-state index contributed by atoms with van der Waals surface area (Å²) in [4.78, 5) is 11.7. The van der Waals surface area contributed by atoms with Crippen LogP contribution in [0.2, 0.25) is 0 Å². The summed E-state index contributed by atoms with van der Waals surface area (Å²) in [6, 6.07) is 1.88. The molecule has 1 atom stereocenters. The van der Waals surface area contributed by atoms with Crippen molar-refractivity contribution in [1.82, 2.24) is 15.1 Å². The molecule has 0 aliphatic carbocycles. The van der Waals surface area contributed by atoms with Gasteiger partial charge in [-0.1, -0.05) is 20.8 Å². The third-order valence-corrected chi connectivity index (χ3v) is 2.95. The van der Waals surface area contributed by atoms with Gasteiger partial charge >= 0.3 is 0 Å². The molecule has 0 saturated heterocycles. The highest BCUT2D eigenvalue weighted by Gasteiger charge is 2.17. The van der Waals surface area contributed by atoms with E-state index in [0.717, 1.165) is 18.5 Å². The lowest BCUT2D eigenvalue weighted by atomic mass is 9.87. The van der Waals surface area contributed by atoms with Crippen LogP contribution in [0.3, 0.4) is 0 Å². The van der Waals surface area contributed by atoms with Crippen molar-refractivity contribution in [3.8, 4) is 0 Å². The highest BCUT2D eigenvalue weighted by molar-refractivity contribution is 5.76. The number of carbonyl (C=O) groups is 1. The number of aromatic nitrogens is 2. The predicted molar refractivity (Wildman–Crippen MR) is 76.6 cm³/mol. The van der Waals surface area contributed by atoms with Gasteiger partial charge < -0.3 is 11.1 Å². The number of carbonyl (C=O) groups excluding carboxylic acids is 1. The molecule has 1 heterocycles. The van der Waals surface area contributed by atoms with Crippen LogP contribution < -0.4 is 11.1 Å². The highest BCUT2D eigenvalue weighted by atomic mass is 16.1. The Hall–Kier alpha value is -1.36. The summed E-state index contributed by atoms with van der Waals surface area (Å²) in [7, 11) is 1.90. The molecule has 0 aliphatic rings. The molecule has 3 N–H and O–H groups in total. The second-order valence-corrected chi connectivity index (χ2v) is 6.28. The van der Waals surface area contributed by atoms with Crippen LogP contribution in [-0.2, 0) is 18.3 Å². The number of nitrogens with two attached hydrogens (primary N) is 1. The van der Waals surface area contributed by atoms with Crippen molar-refractivity contribution in [3.05, 3.63) is 18.0 Å². The van der Waals surface area contributed by atoms with Crippen LogP contribution in [0.5, 0.6) is 0 Å². The third-order valence-electron chi connectivity index (χ3n) is 2.95. The smallest absolute Gasteiger partial charge is 0.221 e. The first kappa shape index (κ1) is 15.7. The molecule has 1 aromatic rings. The molecule has 108 valence electrons. The fourth-order valence-electron chi connectivity index (χ4n) is 2.15. The molecule has 1 aromatic heterocycles. The summed E-state index contributed by atoms with van der Waals surface area (Å²) in [6.07, 6.45) is 3.79. The van der Waals surface area contributed by atoms with E-state index in [4.69, 9.17) is 5.73 Å². The molecule has 0 saturated carbocycles. The Labute approximate surface area is 115 Å². The van der Waals surface area contributed by atoms with Crippen LogP contribution in [-0.4, -0.2) is 28.3 Å².